The van der Waals surface area contributed by atoms with Gasteiger partial charge in [-0.15, -0.1) is 0 Å². The smallest absolute Gasteiger partial charge is 0.338 e. The third-order valence-corrected chi connectivity index (χ3v) is 2.87. The number of ether oxygens (including phenoxy) is 1. The van der Waals surface area contributed by atoms with Crippen LogP contribution in [0, 0.1) is 0 Å². The SMILES string of the molecule is COC(=O)c1ccccc1[C@@H]1CCNC1. The van der Waals surface area contributed by atoms with Gasteiger partial charge in [0.1, 0.15) is 0 Å². The molecule has 0 bridgehead atoms. The fourth-order valence-corrected chi connectivity index (χ4v) is 2.07. The first kappa shape index (κ1) is 10.2. The quantitative estimate of drug-likeness (QED) is 0.744. The Kier molecular flexibility index (Phi) is 3.02. The van der Waals surface area contributed by atoms with E-state index in [0.29, 0.717) is 11.5 Å². The van der Waals surface area contributed by atoms with Crippen molar-refractivity contribution in [2.75, 3.05) is 20.2 Å². The second-order valence-electron chi connectivity index (χ2n) is 3.77. The van der Waals surface area contributed by atoms with E-state index in [2.05, 4.69) is 5.32 Å². The highest BCUT2D eigenvalue weighted by Gasteiger charge is 2.21. The third kappa shape index (κ3) is 2.02. The Labute approximate surface area is 89.4 Å². The van der Waals surface area contributed by atoms with Crippen LogP contribution in [0.2, 0.25) is 0 Å². The summed E-state index contributed by atoms with van der Waals surface area (Å²) in [4.78, 5) is 11.5. The summed E-state index contributed by atoms with van der Waals surface area (Å²) in [5.74, 6) is 0.206. The van der Waals surface area contributed by atoms with E-state index in [0.717, 1.165) is 25.1 Å². The molecule has 3 heteroatoms. The molecule has 1 aliphatic rings. The summed E-state index contributed by atoms with van der Waals surface area (Å²) >= 11 is 0. The zero-order chi connectivity index (χ0) is 10.7. The van der Waals surface area contributed by atoms with E-state index in [1.165, 1.54) is 7.11 Å². The van der Waals surface area contributed by atoms with Crippen LogP contribution in [0.3, 0.4) is 0 Å². The zero-order valence-electron chi connectivity index (χ0n) is 8.82. The average Bonchev–Trinajstić information content (AvgIpc) is 2.81. The van der Waals surface area contributed by atoms with Gasteiger partial charge < -0.3 is 10.1 Å². The van der Waals surface area contributed by atoms with Gasteiger partial charge in [0.2, 0.25) is 0 Å². The van der Waals surface area contributed by atoms with Crippen molar-refractivity contribution in [3.05, 3.63) is 35.4 Å². The number of esters is 1. The van der Waals surface area contributed by atoms with E-state index < -0.39 is 0 Å². The van der Waals surface area contributed by atoms with Gasteiger partial charge in [0.15, 0.2) is 0 Å². The van der Waals surface area contributed by atoms with Gasteiger partial charge in [-0.3, -0.25) is 0 Å². The molecule has 2 rings (SSSR count). The average molecular weight is 205 g/mol. The molecule has 0 aliphatic carbocycles. The Morgan fingerprint density at radius 2 is 2.27 bits per heavy atom. The summed E-state index contributed by atoms with van der Waals surface area (Å²) < 4.78 is 4.78. The molecule has 1 N–H and O–H groups in total. The van der Waals surface area contributed by atoms with E-state index in [1.54, 1.807) is 0 Å². The number of methoxy groups -OCH3 is 1. The molecule has 0 saturated carbocycles. The Hall–Kier alpha value is -1.35. The fraction of sp³-hybridized carbons (Fsp3) is 0.417. The Morgan fingerprint density at radius 3 is 2.93 bits per heavy atom. The van der Waals surface area contributed by atoms with Crippen molar-refractivity contribution in [2.45, 2.75) is 12.3 Å². The number of benzene rings is 1. The summed E-state index contributed by atoms with van der Waals surface area (Å²) in [6.07, 6.45) is 1.09. The number of hydrogen-bond acceptors (Lipinski definition) is 3. The largest absolute Gasteiger partial charge is 0.465 e. The highest BCUT2D eigenvalue weighted by atomic mass is 16.5. The molecule has 80 valence electrons. The van der Waals surface area contributed by atoms with Gasteiger partial charge in [-0.2, -0.15) is 0 Å². The molecule has 3 nitrogen and oxygen atoms in total. The minimum Gasteiger partial charge on any atom is -0.465 e. The molecule has 1 aromatic rings. The van der Waals surface area contributed by atoms with Gasteiger partial charge in [0, 0.05) is 6.54 Å². The molecule has 0 spiro atoms. The maximum absolute atomic E-state index is 11.5. The minimum atomic E-state index is -0.238. The van der Waals surface area contributed by atoms with E-state index in [9.17, 15) is 4.79 Å². The second kappa shape index (κ2) is 4.45. The lowest BCUT2D eigenvalue weighted by Crippen LogP contribution is -2.12. The van der Waals surface area contributed by atoms with Crippen LogP contribution >= 0.6 is 0 Å². The van der Waals surface area contributed by atoms with E-state index >= 15 is 0 Å². The minimum absolute atomic E-state index is 0.238. The number of nitrogens with one attached hydrogen (secondary N) is 1. The molecule has 15 heavy (non-hydrogen) atoms. The molecule has 1 heterocycles. The van der Waals surface area contributed by atoms with Crippen LogP contribution < -0.4 is 5.32 Å². The predicted octanol–water partition coefficient (Wildman–Crippen LogP) is 1.55. The van der Waals surface area contributed by atoms with Crippen LogP contribution in [0.15, 0.2) is 24.3 Å². The van der Waals surface area contributed by atoms with Crippen LogP contribution in [0.1, 0.15) is 28.3 Å². The first-order chi connectivity index (χ1) is 7.33. The molecule has 0 amide bonds. The second-order valence-corrected chi connectivity index (χ2v) is 3.77. The number of carbonyl (C=O) groups is 1. The molecule has 0 unspecified atom stereocenters. The van der Waals surface area contributed by atoms with Gasteiger partial charge in [0.25, 0.3) is 0 Å². The highest BCUT2D eigenvalue weighted by Crippen LogP contribution is 2.25. The van der Waals surface area contributed by atoms with Crippen LogP contribution in [-0.4, -0.2) is 26.2 Å². The third-order valence-electron chi connectivity index (χ3n) is 2.87. The van der Waals surface area contributed by atoms with Crippen molar-refractivity contribution < 1.29 is 9.53 Å². The van der Waals surface area contributed by atoms with Gasteiger partial charge >= 0.3 is 5.97 Å². The van der Waals surface area contributed by atoms with Crippen molar-refractivity contribution in [3.63, 3.8) is 0 Å². The van der Waals surface area contributed by atoms with E-state index in [4.69, 9.17) is 4.74 Å². The van der Waals surface area contributed by atoms with Crippen LogP contribution in [-0.2, 0) is 4.74 Å². The molecule has 1 aromatic carbocycles. The van der Waals surface area contributed by atoms with Gasteiger partial charge in [-0.05, 0) is 30.5 Å². The monoisotopic (exact) mass is 205 g/mol. The summed E-state index contributed by atoms with van der Waals surface area (Å²) in [5, 5.41) is 3.30. The van der Waals surface area contributed by atoms with Crippen LogP contribution in [0.5, 0.6) is 0 Å². The van der Waals surface area contributed by atoms with Crippen molar-refractivity contribution >= 4 is 5.97 Å². The molecule has 0 radical (unpaired) electrons. The normalized spacial score (nSPS) is 20.2. The summed E-state index contributed by atoms with van der Waals surface area (Å²) in [5.41, 5.74) is 1.81. The van der Waals surface area contributed by atoms with E-state index in [1.807, 2.05) is 24.3 Å². The topological polar surface area (TPSA) is 38.3 Å². The highest BCUT2D eigenvalue weighted by molar-refractivity contribution is 5.91. The lowest BCUT2D eigenvalue weighted by Gasteiger charge is -2.12. The number of carbonyl (C=O) groups excluding carboxylic acids is 1. The first-order valence-corrected chi connectivity index (χ1v) is 5.21. The Balaban J connectivity index is 2.32. The summed E-state index contributed by atoms with van der Waals surface area (Å²) in [6, 6.07) is 7.70. The summed E-state index contributed by atoms with van der Waals surface area (Å²) in [7, 11) is 1.42. The lowest BCUT2D eigenvalue weighted by atomic mass is 9.93. The van der Waals surface area contributed by atoms with Gasteiger partial charge in [-0.1, -0.05) is 18.2 Å². The predicted molar refractivity (Wildman–Crippen MR) is 58.0 cm³/mol. The van der Waals surface area contributed by atoms with Crippen LogP contribution in [0.4, 0.5) is 0 Å². The number of hydrogen-bond donors (Lipinski definition) is 1. The Bertz CT molecular complexity index is 356. The number of rotatable bonds is 2. The standard InChI is InChI=1S/C12H15NO2/c1-15-12(14)11-5-3-2-4-10(11)9-6-7-13-8-9/h2-5,9,13H,6-8H2,1H3/t9-/m1/s1. The van der Waals surface area contributed by atoms with Crippen molar-refractivity contribution in [2.24, 2.45) is 0 Å². The molecule has 1 atom stereocenters. The maximum atomic E-state index is 11.5. The molecular weight excluding hydrogens is 190 g/mol. The van der Waals surface area contributed by atoms with Crippen molar-refractivity contribution in [1.29, 1.82) is 0 Å². The molecule has 0 aromatic heterocycles. The summed E-state index contributed by atoms with van der Waals surface area (Å²) in [6.45, 7) is 1.98. The van der Waals surface area contributed by atoms with Crippen molar-refractivity contribution in [3.8, 4) is 0 Å². The molecule has 1 aliphatic heterocycles. The first-order valence-electron chi connectivity index (χ1n) is 5.21. The zero-order valence-corrected chi connectivity index (χ0v) is 8.82. The maximum Gasteiger partial charge on any atom is 0.338 e. The van der Waals surface area contributed by atoms with Gasteiger partial charge in [-0.25, -0.2) is 4.79 Å². The van der Waals surface area contributed by atoms with Crippen LogP contribution in [0.25, 0.3) is 0 Å². The Morgan fingerprint density at radius 1 is 1.47 bits per heavy atom. The molecule has 1 fully saturated rings. The molecular formula is C12H15NO2. The lowest BCUT2D eigenvalue weighted by molar-refractivity contribution is 0.0599. The molecule has 1 saturated heterocycles. The van der Waals surface area contributed by atoms with E-state index in [-0.39, 0.29) is 5.97 Å². The van der Waals surface area contributed by atoms with Crippen molar-refractivity contribution in [1.82, 2.24) is 5.32 Å². The fourth-order valence-electron chi connectivity index (χ4n) is 2.07. The van der Waals surface area contributed by atoms with Gasteiger partial charge in [0.05, 0.1) is 12.7 Å².